The SMILES string of the molecule is CCCC/C=C\C=C\CCCCCCCCOC(C)=O. The van der Waals surface area contributed by atoms with Gasteiger partial charge in [-0.25, -0.2) is 0 Å². The second-order valence-corrected chi connectivity index (χ2v) is 5.25. The second-order valence-electron chi connectivity index (χ2n) is 5.25. The van der Waals surface area contributed by atoms with Crippen LogP contribution in [0.2, 0.25) is 0 Å². The minimum atomic E-state index is -0.166. The van der Waals surface area contributed by atoms with E-state index in [9.17, 15) is 4.79 Å². The zero-order chi connectivity index (χ0) is 14.9. The zero-order valence-corrected chi connectivity index (χ0v) is 13.4. The molecule has 0 atom stereocenters. The van der Waals surface area contributed by atoms with E-state index in [0.29, 0.717) is 6.61 Å². The van der Waals surface area contributed by atoms with Crippen LogP contribution in [0.1, 0.15) is 78.1 Å². The predicted molar refractivity (Wildman–Crippen MR) is 86.8 cm³/mol. The van der Waals surface area contributed by atoms with Crippen LogP contribution >= 0.6 is 0 Å². The van der Waals surface area contributed by atoms with Crippen LogP contribution < -0.4 is 0 Å². The van der Waals surface area contributed by atoms with Crippen molar-refractivity contribution in [3.05, 3.63) is 24.3 Å². The van der Waals surface area contributed by atoms with Gasteiger partial charge in [0.05, 0.1) is 6.61 Å². The maximum atomic E-state index is 10.5. The maximum Gasteiger partial charge on any atom is 0.302 e. The number of hydrogen-bond donors (Lipinski definition) is 0. The number of esters is 1. The summed E-state index contributed by atoms with van der Waals surface area (Å²) in [6.45, 7) is 4.27. The van der Waals surface area contributed by atoms with Gasteiger partial charge in [0.2, 0.25) is 0 Å². The smallest absolute Gasteiger partial charge is 0.302 e. The molecule has 0 aliphatic heterocycles. The van der Waals surface area contributed by atoms with Crippen LogP contribution in [0.25, 0.3) is 0 Å². The average molecular weight is 280 g/mol. The van der Waals surface area contributed by atoms with Gasteiger partial charge >= 0.3 is 5.97 Å². The molecule has 0 aliphatic carbocycles. The Hall–Kier alpha value is -1.05. The fourth-order valence-corrected chi connectivity index (χ4v) is 1.96. The fourth-order valence-electron chi connectivity index (χ4n) is 1.96. The topological polar surface area (TPSA) is 26.3 Å². The first kappa shape index (κ1) is 18.9. The van der Waals surface area contributed by atoms with Crippen LogP contribution in [-0.4, -0.2) is 12.6 Å². The van der Waals surface area contributed by atoms with Gasteiger partial charge in [0, 0.05) is 6.92 Å². The number of carbonyl (C=O) groups excluding carboxylic acids is 1. The Bertz CT molecular complexity index is 267. The standard InChI is InChI=1S/C18H32O2/c1-3-4-5-6-7-8-9-10-11-12-13-14-15-16-17-20-18(2)19/h6-9H,3-5,10-17H2,1-2H3/b7-6-,9-8+. The highest BCUT2D eigenvalue weighted by Gasteiger charge is 1.93. The van der Waals surface area contributed by atoms with Crippen molar-refractivity contribution in [2.45, 2.75) is 78.1 Å². The third-order valence-corrected chi connectivity index (χ3v) is 3.18. The largest absolute Gasteiger partial charge is 0.466 e. The number of unbranched alkanes of at least 4 members (excludes halogenated alkanes) is 8. The molecule has 116 valence electrons. The molecule has 0 fully saturated rings. The van der Waals surface area contributed by atoms with E-state index < -0.39 is 0 Å². The summed E-state index contributed by atoms with van der Waals surface area (Å²) < 4.78 is 4.89. The van der Waals surface area contributed by atoms with Crippen LogP contribution in [0.15, 0.2) is 24.3 Å². The monoisotopic (exact) mass is 280 g/mol. The van der Waals surface area contributed by atoms with E-state index in [1.54, 1.807) is 0 Å². The van der Waals surface area contributed by atoms with Crippen LogP contribution in [0.4, 0.5) is 0 Å². The highest BCUT2D eigenvalue weighted by molar-refractivity contribution is 5.65. The van der Waals surface area contributed by atoms with Crippen molar-refractivity contribution in [3.63, 3.8) is 0 Å². The molecule has 0 spiro atoms. The van der Waals surface area contributed by atoms with Gasteiger partial charge < -0.3 is 4.74 Å². The van der Waals surface area contributed by atoms with E-state index in [0.717, 1.165) is 6.42 Å². The molecule has 0 aromatic carbocycles. The Balaban J connectivity index is 3.14. The molecule has 0 radical (unpaired) electrons. The molecule has 0 heterocycles. The van der Waals surface area contributed by atoms with Gasteiger partial charge in [-0.15, -0.1) is 0 Å². The van der Waals surface area contributed by atoms with Crippen molar-refractivity contribution in [2.24, 2.45) is 0 Å². The van der Waals surface area contributed by atoms with Gasteiger partial charge in [-0.2, -0.15) is 0 Å². The number of rotatable bonds is 13. The Kier molecular flexibility index (Phi) is 15.2. The molecule has 0 aromatic rings. The summed E-state index contributed by atoms with van der Waals surface area (Å²) in [6, 6.07) is 0. The highest BCUT2D eigenvalue weighted by Crippen LogP contribution is 2.07. The maximum absolute atomic E-state index is 10.5. The molecule has 0 saturated heterocycles. The number of carbonyl (C=O) groups is 1. The van der Waals surface area contributed by atoms with Crippen molar-refractivity contribution in [2.75, 3.05) is 6.61 Å². The quantitative estimate of drug-likeness (QED) is 0.250. The van der Waals surface area contributed by atoms with Crippen LogP contribution in [0.5, 0.6) is 0 Å². The molecular weight excluding hydrogens is 248 g/mol. The highest BCUT2D eigenvalue weighted by atomic mass is 16.5. The summed E-state index contributed by atoms with van der Waals surface area (Å²) in [5.41, 5.74) is 0. The Morgan fingerprint density at radius 3 is 2.00 bits per heavy atom. The minimum Gasteiger partial charge on any atom is -0.466 e. The fraction of sp³-hybridized carbons (Fsp3) is 0.722. The summed E-state index contributed by atoms with van der Waals surface area (Å²) in [7, 11) is 0. The molecule has 0 bridgehead atoms. The van der Waals surface area contributed by atoms with Crippen molar-refractivity contribution in [1.29, 1.82) is 0 Å². The van der Waals surface area contributed by atoms with E-state index in [2.05, 4.69) is 31.2 Å². The summed E-state index contributed by atoms with van der Waals surface area (Å²) in [5.74, 6) is -0.166. The van der Waals surface area contributed by atoms with Gasteiger partial charge in [0.15, 0.2) is 0 Å². The van der Waals surface area contributed by atoms with Gasteiger partial charge in [-0.05, 0) is 25.7 Å². The van der Waals surface area contributed by atoms with Crippen LogP contribution in [-0.2, 0) is 9.53 Å². The van der Waals surface area contributed by atoms with Crippen molar-refractivity contribution in [1.82, 2.24) is 0 Å². The third kappa shape index (κ3) is 16.9. The Labute approximate surface area is 125 Å². The lowest BCUT2D eigenvalue weighted by atomic mass is 10.1. The van der Waals surface area contributed by atoms with E-state index >= 15 is 0 Å². The van der Waals surface area contributed by atoms with E-state index in [1.807, 2.05) is 0 Å². The molecule has 0 amide bonds. The Morgan fingerprint density at radius 2 is 1.40 bits per heavy atom. The first-order chi connectivity index (χ1) is 9.77. The average Bonchev–Trinajstić information content (AvgIpc) is 2.43. The second kappa shape index (κ2) is 16.0. The molecule has 0 saturated carbocycles. The van der Waals surface area contributed by atoms with Crippen LogP contribution in [0, 0.1) is 0 Å². The predicted octanol–water partition coefficient (Wildman–Crippen LogP) is 5.58. The first-order valence-corrected chi connectivity index (χ1v) is 8.22. The summed E-state index contributed by atoms with van der Waals surface area (Å²) in [5, 5.41) is 0. The van der Waals surface area contributed by atoms with E-state index in [4.69, 9.17) is 4.74 Å². The third-order valence-electron chi connectivity index (χ3n) is 3.18. The van der Waals surface area contributed by atoms with Gasteiger partial charge in [-0.1, -0.05) is 69.8 Å². The summed E-state index contributed by atoms with van der Waals surface area (Å²) in [4.78, 5) is 10.5. The lowest BCUT2D eigenvalue weighted by Gasteiger charge is -2.01. The molecule has 0 unspecified atom stereocenters. The number of hydrogen-bond acceptors (Lipinski definition) is 2. The van der Waals surface area contributed by atoms with Crippen LogP contribution in [0.3, 0.4) is 0 Å². The van der Waals surface area contributed by atoms with Gasteiger partial charge in [-0.3, -0.25) is 4.79 Å². The first-order valence-electron chi connectivity index (χ1n) is 8.22. The van der Waals surface area contributed by atoms with E-state index in [-0.39, 0.29) is 5.97 Å². The van der Waals surface area contributed by atoms with Crippen molar-refractivity contribution < 1.29 is 9.53 Å². The molecule has 2 nitrogen and oxygen atoms in total. The number of allylic oxidation sites excluding steroid dienone is 4. The molecular formula is C18H32O2. The van der Waals surface area contributed by atoms with Crippen molar-refractivity contribution in [3.8, 4) is 0 Å². The molecule has 20 heavy (non-hydrogen) atoms. The summed E-state index contributed by atoms with van der Waals surface area (Å²) in [6.07, 6.45) is 21.1. The van der Waals surface area contributed by atoms with Gasteiger partial charge in [0.1, 0.15) is 0 Å². The van der Waals surface area contributed by atoms with Crippen molar-refractivity contribution >= 4 is 5.97 Å². The molecule has 0 aromatic heterocycles. The molecule has 0 rings (SSSR count). The molecule has 2 heteroatoms. The van der Waals surface area contributed by atoms with E-state index in [1.165, 1.54) is 64.7 Å². The minimum absolute atomic E-state index is 0.166. The normalized spacial score (nSPS) is 11.5. The zero-order valence-electron chi connectivity index (χ0n) is 13.4. The molecule has 0 N–H and O–H groups in total. The van der Waals surface area contributed by atoms with Gasteiger partial charge in [0.25, 0.3) is 0 Å². The number of ether oxygens (including phenoxy) is 1. The lowest BCUT2D eigenvalue weighted by molar-refractivity contribution is -0.141. The lowest BCUT2D eigenvalue weighted by Crippen LogP contribution is -1.99. The molecule has 0 aliphatic rings. The Morgan fingerprint density at radius 1 is 0.850 bits per heavy atom. The summed E-state index contributed by atoms with van der Waals surface area (Å²) >= 11 is 0.